The van der Waals surface area contributed by atoms with Gasteiger partial charge in [0, 0.05) is 32.1 Å². The normalized spacial score (nSPS) is 22.3. The van der Waals surface area contributed by atoms with Crippen LogP contribution in [-0.2, 0) is 9.47 Å². The highest BCUT2D eigenvalue weighted by Gasteiger charge is 2.34. The maximum Gasteiger partial charge on any atom is 0.224 e. The van der Waals surface area contributed by atoms with E-state index in [9.17, 15) is 0 Å². The van der Waals surface area contributed by atoms with Gasteiger partial charge in [-0.1, -0.05) is 12.1 Å². The van der Waals surface area contributed by atoms with Crippen LogP contribution in [-0.4, -0.2) is 42.4 Å². The third-order valence-corrected chi connectivity index (χ3v) is 3.82. The Morgan fingerprint density at radius 2 is 2.25 bits per heavy atom. The van der Waals surface area contributed by atoms with Gasteiger partial charge in [-0.15, -0.1) is 0 Å². The minimum Gasteiger partial charge on any atom is -0.378 e. The Hall–Kier alpha value is -1.43. The highest BCUT2D eigenvalue weighted by atomic mass is 35.5. The number of nitrogens with zero attached hydrogens (tertiary/aromatic N) is 2. The number of aromatic nitrogens is 2. The predicted octanol–water partition coefficient (Wildman–Crippen LogP) is 2.50. The van der Waals surface area contributed by atoms with E-state index >= 15 is 0 Å². The molecule has 1 atom stereocenters. The van der Waals surface area contributed by atoms with Crippen molar-refractivity contribution in [1.29, 1.82) is 0 Å². The molecule has 1 aliphatic heterocycles. The van der Waals surface area contributed by atoms with Crippen LogP contribution in [0, 0.1) is 0 Å². The lowest BCUT2D eigenvalue weighted by atomic mass is 10.0. The Kier molecular flexibility index (Phi) is 3.74. The minimum atomic E-state index is -0.293. The first-order chi connectivity index (χ1) is 9.72. The largest absolute Gasteiger partial charge is 0.378 e. The van der Waals surface area contributed by atoms with Crippen LogP contribution in [0.15, 0.2) is 24.3 Å². The van der Waals surface area contributed by atoms with E-state index in [0.29, 0.717) is 13.2 Å². The smallest absolute Gasteiger partial charge is 0.224 e. The van der Waals surface area contributed by atoms with Crippen LogP contribution in [0.5, 0.6) is 0 Å². The molecule has 1 fully saturated rings. The van der Waals surface area contributed by atoms with E-state index in [1.165, 1.54) is 0 Å². The number of methoxy groups -OCH3 is 1. The molecule has 1 N–H and O–H groups in total. The standard InChI is InChI=1S/C14H16ClN3O2/c1-19-14(6-7-20-9-14)8-16-12-10-4-2-3-5-11(10)17-13(15)18-12/h2-5H,6-9H2,1H3,(H,16,17,18). The zero-order valence-electron chi connectivity index (χ0n) is 11.2. The molecule has 2 aromatic rings. The molecule has 1 aromatic carbocycles. The molecular formula is C14H16ClN3O2. The molecule has 5 nitrogen and oxygen atoms in total. The Bertz CT molecular complexity index is 614. The van der Waals surface area contributed by atoms with Gasteiger partial charge in [0.2, 0.25) is 5.28 Å². The van der Waals surface area contributed by atoms with Gasteiger partial charge in [-0.3, -0.25) is 0 Å². The molecule has 1 saturated heterocycles. The van der Waals surface area contributed by atoms with Crippen molar-refractivity contribution < 1.29 is 9.47 Å². The highest BCUT2D eigenvalue weighted by Crippen LogP contribution is 2.26. The van der Waals surface area contributed by atoms with Crippen LogP contribution in [0.4, 0.5) is 5.82 Å². The number of anilines is 1. The molecule has 1 unspecified atom stereocenters. The van der Waals surface area contributed by atoms with Crippen molar-refractivity contribution in [2.24, 2.45) is 0 Å². The van der Waals surface area contributed by atoms with Gasteiger partial charge in [0.05, 0.1) is 12.1 Å². The topological polar surface area (TPSA) is 56.3 Å². The average Bonchev–Trinajstić information content (AvgIpc) is 2.94. The molecule has 1 aliphatic rings. The van der Waals surface area contributed by atoms with Crippen LogP contribution in [0.25, 0.3) is 10.9 Å². The molecule has 1 aromatic heterocycles. The van der Waals surface area contributed by atoms with Crippen molar-refractivity contribution in [3.63, 3.8) is 0 Å². The number of hydrogen-bond acceptors (Lipinski definition) is 5. The second kappa shape index (κ2) is 5.52. The van der Waals surface area contributed by atoms with E-state index < -0.39 is 0 Å². The molecule has 0 radical (unpaired) electrons. The van der Waals surface area contributed by atoms with Crippen molar-refractivity contribution in [3.05, 3.63) is 29.5 Å². The molecule has 0 spiro atoms. The number of rotatable bonds is 4. The molecule has 0 aliphatic carbocycles. The zero-order chi connectivity index (χ0) is 14.0. The summed E-state index contributed by atoms with van der Waals surface area (Å²) in [5.74, 6) is 0.726. The summed E-state index contributed by atoms with van der Waals surface area (Å²) >= 11 is 5.97. The molecule has 3 rings (SSSR count). The van der Waals surface area contributed by atoms with Crippen LogP contribution in [0.3, 0.4) is 0 Å². The second-order valence-corrected chi connectivity index (χ2v) is 5.24. The first kappa shape index (κ1) is 13.5. The molecule has 0 bridgehead atoms. The molecular weight excluding hydrogens is 278 g/mol. The number of ether oxygens (including phenoxy) is 2. The molecule has 20 heavy (non-hydrogen) atoms. The summed E-state index contributed by atoms with van der Waals surface area (Å²) < 4.78 is 11.0. The van der Waals surface area contributed by atoms with Crippen molar-refractivity contribution in [2.45, 2.75) is 12.0 Å². The van der Waals surface area contributed by atoms with Crippen LogP contribution in [0.2, 0.25) is 5.28 Å². The van der Waals surface area contributed by atoms with Crippen LogP contribution in [0.1, 0.15) is 6.42 Å². The van der Waals surface area contributed by atoms with Gasteiger partial charge < -0.3 is 14.8 Å². The molecule has 2 heterocycles. The molecule has 106 valence electrons. The maximum absolute atomic E-state index is 5.97. The summed E-state index contributed by atoms with van der Waals surface area (Å²) in [6.07, 6.45) is 0.868. The summed E-state index contributed by atoms with van der Waals surface area (Å²) in [7, 11) is 1.71. The summed E-state index contributed by atoms with van der Waals surface area (Å²) in [6, 6.07) is 7.77. The number of para-hydroxylation sites is 1. The molecule has 0 saturated carbocycles. The number of halogens is 1. The van der Waals surface area contributed by atoms with Gasteiger partial charge in [0.15, 0.2) is 0 Å². The Balaban J connectivity index is 1.87. The van der Waals surface area contributed by atoms with Crippen LogP contribution < -0.4 is 5.32 Å². The van der Waals surface area contributed by atoms with E-state index in [4.69, 9.17) is 21.1 Å². The zero-order valence-corrected chi connectivity index (χ0v) is 12.0. The summed E-state index contributed by atoms with van der Waals surface area (Å²) in [4.78, 5) is 8.49. The molecule has 0 amide bonds. The van der Waals surface area contributed by atoms with E-state index in [1.807, 2.05) is 24.3 Å². The first-order valence-corrected chi connectivity index (χ1v) is 6.89. The van der Waals surface area contributed by atoms with Crippen molar-refractivity contribution in [2.75, 3.05) is 32.2 Å². The Morgan fingerprint density at radius 3 is 3.00 bits per heavy atom. The van der Waals surface area contributed by atoms with E-state index in [2.05, 4.69) is 15.3 Å². The summed E-state index contributed by atoms with van der Waals surface area (Å²) in [5.41, 5.74) is 0.530. The van der Waals surface area contributed by atoms with Gasteiger partial charge in [0.1, 0.15) is 11.4 Å². The lowest BCUT2D eigenvalue weighted by Crippen LogP contribution is -2.39. The first-order valence-electron chi connectivity index (χ1n) is 6.51. The Morgan fingerprint density at radius 1 is 1.40 bits per heavy atom. The van der Waals surface area contributed by atoms with Gasteiger partial charge >= 0.3 is 0 Å². The fourth-order valence-corrected chi connectivity index (χ4v) is 2.56. The number of nitrogens with one attached hydrogen (secondary N) is 1. The number of hydrogen-bond donors (Lipinski definition) is 1. The third-order valence-electron chi connectivity index (χ3n) is 3.65. The highest BCUT2D eigenvalue weighted by molar-refractivity contribution is 6.28. The maximum atomic E-state index is 5.97. The fourth-order valence-electron chi connectivity index (χ4n) is 2.39. The third kappa shape index (κ3) is 2.57. The summed E-state index contributed by atoms with van der Waals surface area (Å²) in [6.45, 7) is 1.94. The number of benzene rings is 1. The van der Waals surface area contributed by atoms with E-state index in [0.717, 1.165) is 29.7 Å². The van der Waals surface area contributed by atoms with Gasteiger partial charge in [-0.25, -0.2) is 9.97 Å². The quantitative estimate of drug-likeness (QED) is 0.878. The minimum absolute atomic E-state index is 0.236. The van der Waals surface area contributed by atoms with Crippen molar-refractivity contribution >= 4 is 28.3 Å². The van der Waals surface area contributed by atoms with Crippen molar-refractivity contribution in [1.82, 2.24) is 9.97 Å². The molecule has 6 heteroatoms. The van der Waals surface area contributed by atoms with Gasteiger partial charge in [0.25, 0.3) is 0 Å². The lowest BCUT2D eigenvalue weighted by Gasteiger charge is -2.26. The number of fused-ring (bicyclic) bond motifs is 1. The van der Waals surface area contributed by atoms with Crippen molar-refractivity contribution in [3.8, 4) is 0 Å². The summed E-state index contributed by atoms with van der Waals surface area (Å²) in [5, 5.41) is 4.50. The average molecular weight is 294 g/mol. The predicted molar refractivity (Wildman–Crippen MR) is 78.2 cm³/mol. The second-order valence-electron chi connectivity index (χ2n) is 4.90. The van der Waals surface area contributed by atoms with E-state index in [1.54, 1.807) is 7.11 Å². The van der Waals surface area contributed by atoms with Gasteiger partial charge in [-0.2, -0.15) is 0 Å². The fraction of sp³-hybridized carbons (Fsp3) is 0.429. The van der Waals surface area contributed by atoms with Gasteiger partial charge in [-0.05, 0) is 23.7 Å². The van der Waals surface area contributed by atoms with E-state index in [-0.39, 0.29) is 10.9 Å². The Labute approximate surface area is 122 Å². The lowest BCUT2D eigenvalue weighted by molar-refractivity contribution is -0.00623. The monoisotopic (exact) mass is 293 g/mol. The SMILES string of the molecule is COC1(CNc2nc(Cl)nc3ccccc23)CCOC1. The van der Waals surface area contributed by atoms with Crippen LogP contribution >= 0.6 is 11.6 Å².